The average molecular weight is 499 g/mol. The van der Waals surface area contributed by atoms with Gasteiger partial charge in [-0.15, -0.1) is 0 Å². The van der Waals surface area contributed by atoms with E-state index in [2.05, 4.69) is 104 Å². The summed E-state index contributed by atoms with van der Waals surface area (Å²) in [4.78, 5) is 2.90. The minimum absolute atomic E-state index is 1.59. The summed E-state index contributed by atoms with van der Waals surface area (Å²) in [6.07, 6.45) is 0. The second-order valence-corrected chi connectivity index (χ2v) is 44.4. The van der Waals surface area contributed by atoms with E-state index in [9.17, 15) is 5.26 Å². The molecule has 0 rings (SSSR count). The molecule has 22 heavy (non-hydrogen) atoms. The van der Waals surface area contributed by atoms with E-state index in [-0.39, 0.29) is 0 Å². The Morgan fingerprint density at radius 3 is 0.909 bits per heavy atom. The van der Waals surface area contributed by atoms with Crippen LogP contribution >= 0.6 is 14.0 Å². The summed E-state index contributed by atoms with van der Waals surface area (Å²) in [5.41, 5.74) is 0. The fraction of sp³-hybridized carbons (Fsp3) is 0.923. The summed E-state index contributed by atoms with van der Waals surface area (Å²) in [6, 6.07) is 0. The Bertz CT molecular complexity index is 381. The Hall–Kier alpha value is 1.30. The molecule has 0 aliphatic carbocycles. The van der Waals surface area contributed by atoms with Crippen molar-refractivity contribution in [3.8, 4) is 4.90 Å². The molecule has 0 amide bonds. The van der Waals surface area contributed by atoms with E-state index in [4.69, 9.17) is 0 Å². The van der Waals surface area contributed by atoms with Gasteiger partial charge in [0.1, 0.15) is 0 Å². The van der Waals surface area contributed by atoms with Crippen LogP contribution in [0.1, 0.15) is 0 Å². The van der Waals surface area contributed by atoms with Gasteiger partial charge >= 0.3 is 154 Å². The van der Waals surface area contributed by atoms with Gasteiger partial charge in [-0.1, -0.05) is 0 Å². The number of hydrogen-bond acceptors (Lipinski definition) is 3. The third kappa shape index (κ3) is 5.40. The predicted octanol–water partition coefficient (Wildman–Crippen LogP) is 5.33. The molecule has 9 heteroatoms. The molecule has 130 valence electrons. The number of nitriles is 1. The van der Waals surface area contributed by atoms with Crippen LogP contribution in [-0.4, -0.2) is 51.2 Å². The van der Waals surface area contributed by atoms with E-state index < -0.39 is 44.8 Å². The third-order valence-corrected chi connectivity index (χ3v) is 54.9. The first-order chi connectivity index (χ1) is 9.29. The van der Waals surface area contributed by atoms with Gasteiger partial charge in [-0.05, 0) is 0 Å². The summed E-state index contributed by atoms with van der Waals surface area (Å²) in [5.74, 6) is 0. The maximum absolute atomic E-state index is 10.4. The van der Waals surface area contributed by atoms with Crippen molar-refractivity contribution in [3.63, 3.8) is 0 Å². The van der Waals surface area contributed by atoms with E-state index >= 15 is 0 Å². The summed E-state index contributed by atoms with van der Waals surface area (Å²) >= 11 is 1.04. The molecule has 0 aliphatic heterocycles. The van der Waals surface area contributed by atoms with Crippen molar-refractivity contribution in [3.05, 3.63) is 0 Å². The Morgan fingerprint density at radius 2 is 0.818 bits per heavy atom. The Morgan fingerprint density at radius 1 is 0.636 bits per heavy atom. The molecule has 0 saturated heterocycles. The van der Waals surface area contributed by atoms with Crippen molar-refractivity contribution in [1.29, 1.82) is 5.26 Å². The van der Waals surface area contributed by atoms with E-state index in [0.29, 0.717) is 0 Å². The van der Waals surface area contributed by atoms with Crippen LogP contribution in [-0.2, 0) is 0 Å². The van der Waals surface area contributed by atoms with Crippen molar-refractivity contribution < 1.29 is 0 Å². The van der Waals surface area contributed by atoms with Gasteiger partial charge in [-0.2, -0.15) is 0 Å². The zero-order valence-corrected chi connectivity index (χ0v) is 24.4. The van der Waals surface area contributed by atoms with Gasteiger partial charge in [0, 0.05) is 0 Å². The van der Waals surface area contributed by atoms with Crippen LogP contribution in [0.5, 0.6) is 0 Å². The zero-order chi connectivity index (χ0) is 18.4. The molecule has 0 unspecified atom stereocenters. The van der Waals surface area contributed by atoms with E-state index in [1.807, 2.05) is 0 Å². The van der Waals surface area contributed by atoms with Gasteiger partial charge in [0.05, 0.1) is 0 Å². The molecule has 0 spiro atoms. The molecule has 0 aromatic carbocycles. The molecule has 0 heterocycles. The molecule has 0 atom stereocenters. The molecule has 0 radical (unpaired) electrons. The van der Waals surface area contributed by atoms with Crippen LogP contribution in [0, 0.1) is 10.2 Å². The first-order valence-corrected chi connectivity index (χ1v) is 29.6. The maximum atomic E-state index is 10.4. The van der Waals surface area contributed by atoms with Crippen molar-refractivity contribution in [2.24, 2.45) is 0 Å². The van der Waals surface area contributed by atoms with Crippen molar-refractivity contribution in [1.82, 2.24) is 6.38 Å². The number of nitrogens with zero attached hydrogens (tertiary/aromatic N) is 3. The Balaban J connectivity index is 6.53. The van der Waals surface area contributed by atoms with Gasteiger partial charge in [0.25, 0.3) is 0 Å². The van der Waals surface area contributed by atoms with Crippen LogP contribution in [0.3, 0.4) is 0 Å². The molecule has 0 saturated carbocycles. The molecule has 0 N–H and O–H groups in total. The number of hydrogen-bond donors (Lipinski definition) is 0. The molecular formula is C13H36BrGeN3Si4. The fourth-order valence-electron chi connectivity index (χ4n) is 3.99. The Labute approximate surface area is 153 Å². The van der Waals surface area contributed by atoms with E-state index in [1.165, 1.54) is 0 Å². The van der Waals surface area contributed by atoms with Gasteiger partial charge in [-0.25, -0.2) is 0 Å². The normalized spacial score (nSPS) is 15.4. The summed E-state index contributed by atoms with van der Waals surface area (Å²) in [7, 11) is -6.35. The average Bonchev–Trinajstić information content (AvgIpc) is 2.06. The molecule has 0 aliphatic rings. The molecule has 0 aromatic heterocycles. The van der Waals surface area contributed by atoms with Crippen LogP contribution in [0.4, 0.5) is 0 Å². The second-order valence-electron chi connectivity index (χ2n) is 10.1. The quantitative estimate of drug-likeness (QED) is 0.464. The molecular weight excluding hydrogens is 463 g/mol. The first-order valence-electron chi connectivity index (χ1n) is 8.00. The molecule has 0 aromatic rings. The molecule has 0 bridgehead atoms. The monoisotopic (exact) mass is 499 g/mol. The third-order valence-electron chi connectivity index (χ3n) is 3.42. The van der Waals surface area contributed by atoms with Crippen molar-refractivity contribution in [2.45, 2.75) is 78.6 Å². The van der Waals surface area contributed by atoms with Crippen molar-refractivity contribution in [2.75, 3.05) is 0 Å². The topological polar surface area (TPSA) is 30.3 Å². The minimum atomic E-state index is -3.14. The summed E-state index contributed by atoms with van der Waals surface area (Å²) in [6.45, 7) is 29.0. The fourth-order valence-corrected chi connectivity index (χ4v) is 85.2. The van der Waals surface area contributed by atoms with Crippen LogP contribution in [0.25, 0.3) is 0 Å². The number of halogens is 1. The Kier molecular flexibility index (Phi) is 7.31. The van der Waals surface area contributed by atoms with E-state index in [1.54, 1.807) is 0 Å². The SMILES string of the molecule is C[Si](C)(C)[N]([Si](C)(C)C)[Ge]([Br])([C]#N)[N]([Si](C)(C)C)[Si](C)(C)C. The summed E-state index contributed by atoms with van der Waals surface area (Å²) < 4.78 is 5.60. The van der Waals surface area contributed by atoms with Gasteiger partial charge in [0.2, 0.25) is 0 Å². The van der Waals surface area contributed by atoms with E-state index in [0.717, 1.165) is 0 Å². The predicted molar refractivity (Wildman–Crippen MR) is 117 cm³/mol. The molecule has 3 nitrogen and oxygen atoms in total. The zero-order valence-electron chi connectivity index (χ0n) is 16.7. The van der Waals surface area contributed by atoms with Crippen molar-refractivity contribution >= 4 is 58.8 Å². The van der Waals surface area contributed by atoms with Crippen LogP contribution < -0.4 is 0 Å². The van der Waals surface area contributed by atoms with Gasteiger partial charge in [-0.3, -0.25) is 0 Å². The standard InChI is InChI=1S/C13H36BrGeN3Si4/c1-19(2,3)17(20(4,5)6)15(14,13-16)18(21(7,8)9)22(10,11)12/h1-12H3. The van der Waals surface area contributed by atoms with Crippen LogP contribution in [0.2, 0.25) is 78.6 Å². The summed E-state index contributed by atoms with van der Waals surface area (Å²) in [5, 5.41) is 10.4. The van der Waals surface area contributed by atoms with Gasteiger partial charge in [0.15, 0.2) is 0 Å². The second kappa shape index (κ2) is 6.90. The molecule has 0 fully saturated rings. The van der Waals surface area contributed by atoms with Crippen LogP contribution in [0.15, 0.2) is 0 Å². The first kappa shape index (κ1) is 23.3. The number of rotatable bonds is 6. The van der Waals surface area contributed by atoms with Gasteiger partial charge < -0.3 is 0 Å².